The quantitative estimate of drug-likeness (QED) is 0.188. The van der Waals surface area contributed by atoms with Crippen molar-refractivity contribution in [1.29, 1.82) is 0 Å². The van der Waals surface area contributed by atoms with E-state index >= 15 is 0 Å². The van der Waals surface area contributed by atoms with E-state index in [4.69, 9.17) is 4.74 Å². The molecule has 2 amide bonds. The predicted molar refractivity (Wildman–Crippen MR) is 155 cm³/mol. The molecule has 0 heterocycles. The second-order valence-corrected chi connectivity index (χ2v) is 10.5. The normalized spacial score (nSPS) is 11.7. The molecule has 3 aromatic carbocycles. The Morgan fingerprint density at radius 1 is 0.868 bits per heavy atom. The van der Waals surface area contributed by atoms with Crippen molar-refractivity contribution in [3.8, 4) is 5.75 Å². The van der Waals surface area contributed by atoms with E-state index in [9.17, 15) is 9.59 Å². The van der Waals surface area contributed by atoms with Gasteiger partial charge < -0.3 is 15.0 Å². The summed E-state index contributed by atoms with van der Waals surface area (Å²) in [6, 6.07) is 22.7. The van der Waals surface area contributed by atoms with Gasteiger partial charge in [-0.3, -0.25) is 9.59 Å². The van der Waals surface area contributed by atoms with Gasteiger partial charge in [0, 0.05) is 12.7 Å². The molecule has 5 heteroatoms. The summed E-state index contributed by atoms with van der Waals surface area (Å²) in [5, 5.41) is 2.97. The molecule has 0 spiro atoms. The Morgan fingerprint density at radius 2 is 1.42 bits per heavy atom. The Morgan fingerprint density at radius 3 is 1.97 bits per heavy atom. The van der Waals surface area contributed by atoms with Crippen LogP contribution in [0.1, 0.15) is 60.9 Å². The van der Waals surface area contributed by atoms with Crippen LogP contribution in [0.15, 0.2) is 66.7 Å². The van der Waals surface area contributed by atoms with Crippen LogP contribution in [-0.2, 0) is 29.0 Å². The van der Waals surface area contributed by atoms with E-state index in [2.05, 4.69) is 59.9 Å². The topological polar surface area (TPSA) is 58.6 Å². The summed E-state index contributed by atoms with van der Waals surface area (Å²) < 4.78 is 6.18. The van der Waals surface area contributed by atoms with Gasteiger partial charge in [-0.1, -0.05) is 74.9 Å². The maximum absolute atomic E-state index is 12.8. The number of hydrogen-bond acceptors (Lipinski definition) is 3. The largest absolute Gasteiger partial charge is 0.488 e. The number of nitrogens with zero attached hydrogens (tertiary/aromatic N) is 1. The highest BCUT2D eigenvalue weighted by molar-refractivity contribution is 5.96. The lowest BCUT2D eigenvalue weighted by Gasteiger charge is -2.27. The van der Waals surface area contributed by atoms with Crippen molar-refractivity contribution in [2.24, 2.45) is 5.92 Å². The summed E-state index contributed by atoms with van der Waals surface area (Å²) in [5.74, 6) is 0.635. The van der Waals surface area contributed by atoms with Crippen molar-refractivity contribution in [1.82, 2.24) is 4.90 Å². The van der Waals surface area contributed by atoms with Gasteiger partial charge >= 0.3 is 0 Å². The first-order chi connectivity index (χ1) is 18.3. The third-order valence-corrected chi connectivity index (χ3v) is 6.91. The maximum Gasteiger partial charge on any atom is 0.247 e. The van der Waals surface area contributed by atoms with Gasteiger partial charge in [-0.2, -0.15) is 0 Å². The number of carbonyl (C=O) groups is 2. The maximum atomic E-state index is 12.8. The zero-order valence-corrected chi connectivity index (χ0v) is 23.5. The fourth-order valence-corrected chi connectivity index (χ4v) is 4.93. The van der Waals surface area contributed by atoms with Crippen molar-refractivity contribution < 1.29 is 14.3 Å². The number of nitrogens with one attached hydrogen (secondary N) is 1. The van der Waals surface area contributed by atoms with Gasteiger partial charge in [0.1, 0.15) is 18.4 Å². The number of likely N-dealkylation sites (N-methyl/N-ethyl adjacent to an activating group) is 1. The number of carbonyl (C=O) groups excluding carboxylic acids is 2. The molecule has 0 aliphatic heterocycles. The van der Waals surface area contributed by atoms with Crippen LogP contribution in [0, 0.1) is 19.8 Å². The standard InChI is InChI=1S/C33H42N2O3/c1-24(2)31(35(5)23-36)33(37)34-30-20-25(3)32(26(4)21-30)38-22-29-18-16-28(17-19-29)15-11-7-10-14-27-12-8-6-9-13-27/h6,8-9,12-13,16-21,23-24,31H,7,10-11,14-15,22H2,1-5H3,(H,34,37)/t31-/m0/s1. The number of unbranched alkanes of at least 4 members (excludes halogenated alkanes) is 2. The number of rotatable bonds is 14. The molecule has 1 N–H and O–H groups in total. The van der Waals surface area contributed by atoms with Gasteiger partial charge in [0.15, 0.2) is 0 Å². The first-order valence-electron chi connectivity index (χ1n) is 13.6. The van der Waals surface area contributed by atoms with Gasteiger partial charge in [0.25, 0.3) is 0 Å². The molecule has 202 valence electrons. The minimum Gasteiger partial charge on any atom is -0.488 e. The van der Waals surface area contributed by atoms with E-state index in [0.717, 1.165) is 35.3 Å². The molecule has 0 saturated heterocycles. The summed E-state index contributed by atoms with van der Waals surface area (Å²) in [4.78, 5) is 25.4. The van der Waals surface area contributed by atoms with Crippen molar-refractivity contribution >= 4 is 18.0 Å². The third kappa shape index (κ3) is 8.47. The lowest BCUT2D eigenvalue weighted by molar-refractivity contribution is -0.130. The van der Waals surface area contributed by atoms with Crippen LogP contribution in [0.4, 0.5) is 5.69 Å². The number of anilines is 1. The van der Waals surface area contributed by atoms with E-state index in [1.165, 1.54) is 35.3 Å². The molecule has 5 nitrogen and oxygen atoms in total. The number of ether oxygens (including phenoxy) is 1. The average Bonchev–Trinajstić information content (AvgIpc) is 2.89. The number of hydrogen-bond donors (Lipinski definition) is 1. The number of aryl methyl sites for hydroxylation is 4. The molecule has 0 aromatic heterocycles. The summed E-state index contributed by atoms with van der Waals surface area (Å²) in [6.45, 7) is 8.31. The van der Waals surface area contributed by atoms with Gasteiger partial charge in [0.2, 0.25) is 12.3 Å². The summed E-state index contributed by atoms with van der Waals surface area (Å²) in [6.07, 6.45) is 6.61. The molecule has 1 atom stereocenters. The van der Waals surface area contributed by atoms with Crippen molar-refractivity contribution in [3.63, 3.8) is 0 Å². The van der Waals surface area contributed by atoms with Crippen molar-refractivity contribution in [2.75, 3.05) is 12.4 Å². The summed E-state index contributed by atoms with van der Waals surface area (Å²) in [7, 11) is 1.63. The van der Waals surface area contributed by atoms with Gasteiger partial charge in [0.05, 0.1) is 0 Å². The Labute approximate surface area is 228 Å². The molecule has 0 aliphatic carbocycles. The molecule has 3 rings (SSSR count). The summed E-state index contributed by atoms with van der Waals surface area (Å²) in [5.41, 5.74) is 6.53. The molecule has 0 unspecified atom stereocenters. The van der Waals surface area contributed by atoms with Crippen LogP contribution < -0.4 is 10.1 Å². The van der Waals surface area contributed by atoms with Crippen molar-refractivity contribution in [3.05, 3.63) is 94.5 Å². The molecular weight excluding hydrogens is 472 g/mol. The highest BCUT2D eigenvalue weighted by Crippen LogP contribution is 2.28. The molecule has 38 heavy (non-hydrogen) atoms. The zero-order chi connectivity index (χ0) is 27.5. The SMILES string of the molecule is Cc1cc(NC(=O)[C@H](C(C)C)N(C)C=O)cc(C)c1OCc1ccc(CCCCCc2ccccc2)cc1. The Hall–Kier alpha value is -3.60. The first kappa shape index (κ1) is 29.0. The highest BCUT2D eigenvalue weighted by atomic mass is 16.5. The first-order valence-corrected chi connectivity index (χ1v) is 13.6. The van der Waals surface area contributed by atoms with Gasteiger partial charge in [-0.15, -0.1) is 0 Å². The number of benzene rings is 3. The predicted octanol–water partition coefficient (Wildman–Crippen LogP) is 6.89. The minimum absolute atomic E-state index is 0.000952. The summed E-state index contributed by atoms with van der Waals surface area (Å²) >= 11 is 0. The van der Waals surface area contributed by atoms with E-state index in [1.807, 2.05) is 39.8 Å². The number of amides is 2. The van der Waals surface area contributed by atoms with Crippen LogP contribution in [0.2, 0.25) is 0 Å². The fraction of sp³-hybridized carbons (Fsp3) is 0.394. The molecule has 0 saturated carbocycles. The second kappa shape index (κ2) is 14.4. The Bertz CT molecular complexity index is 1150. The van der Waals surface area contributed by atoms with Crippen LogP contribution >= 0.6 is 0 Å². The van der Waals surface area contributed by atoms with Crippen molar-refractivity contribution in [2.45, 2.75) is 72.4 Å². The van der Waals surface area contributed by atoms with E-state index in [1.54, 1.807) is 7.05 Å². The third-order valence-electron chi connectivity index (χ3n) is 6.91. The minimum atomic E-state index is -0.527. The molecule has 0 fully saturated rings. The van der Waals surface area contributed by atoms with Crippen LogP contribution in [0.25, 0.3) is 0 Å². The van der Waals surface area contributed by atoms with E-state index < -0.39 is 6.04 Å². The molecule has 0 aliphatic rings. The Kier molecular flexibility index (Phi) is 11.0. The van der Waals surface area contributed by atoms with Crippen LogP contribution in [0.3, 0.4) is 0 Å². The highest BCUT2D eigenvalue weighted by Gasteiger charge is 2.26. The van der Waals surface area contributed by atoms with Gasteiger partial charge in [-0.05, 0) is 85.4 Å². The molecule has 0 radical (unpaired) electrons. The fourth-order valence-electron chi connectivity index (χ4n) is 4.93. The lowest BCUT2D eigenvalue weighted by atomic mass is 10.0. The van der Waals surface area contributed by atoms with Crippen LogP contribution in [-0.4, -0.2) is 30.3 Å². The van der Waals surface area contributed by atoms with E-state index in [-0.39, 0.29) is 11.8 Å². The zero-order valence-electron chi connectivity index (χ0n) is 23.5. The average molecular weight is 515 g/mol. The Balaban J connectivity index is 1.49. The molecular formula is C33H42N2O3. The van der Waals surface area contributed by atoms with E-state index in [0.29, 0.717) is 18.7 Å². The molecule has 3 aromatic rings. The monoisotopic (exact) mass is 514 g/mol. The molecule has 0 bridgehead atoms. The van der Waals surface area contributed by atoms with Gasteiger partial charge in [-0.25, -0.2) is 0 Å². The van der Waals surface area contributed by atoms with Crippen LogP contribution in [0.5, 0.6) is 5.75 Å². The lowest BCUT2D eigenvalue weighted by Crippen LogP contribution is -2.44. The second-order valence-electron chi connectivity index (χ2n) is 10.5. The smallest absolute Gasteiger partial charge is 0.247 e.